The fourth-order valence-electron chi connectivity index (χ4n) is 5.06. The summed E-state index contributed by atoms with van der Waals surface area (Å²) in [4.78, 5) is 35.1. The number of carbonyl (C=O) groups is 2. The van der Waals surface area contributed by atoms with Crippen molar-refractivity contribution in [2.45, 2.75) is 32.4 Å². The molecule has 178 valence electrons. The molecule has 2 N–H and O–H groups in total. The number of nitrogens with one attached hydrogen (secondary N) is 2. The largest absolute Gasteiger partial charge is 0.361 e. The summed E-state index contributed by atoms with van der Waals surface area (Å²) in [5.41, 5.74) is 4.54. The van der Waals surface area contributed by atoms with Crippen LogP contribution in [0.4, 0.5) is 4.79 Å². The smallest absolute Gasteiger partial charge is 0.317 e. The fraction of sp³-hybridized carbons (Fsp3) is 0.407. The average molecular weight is 460 g/mol. The van der Waals surface area contributed by atoms with E-state index in [0.29, 0.717) is 39.1 Å². The summed E-state index contributed by atoms with van der Waals surface area (Å²) < 4.78 is 0. The van der Waals surface area contributed by atoms with E-state index in [0.717, 1.165) is 36.1 Å². The number of likely N-dealkylation sites (tertiary alicyclic amines) is 1. The van der Waals surface area contributed by atoms with Gasteiger partial charge in [-0.2, -0.15) is 0 Å². The normalized spacial score (nSPS) is 16.8. The summed E-state index contributed by atoms with van der Waals surface area (Å²) in [6, 6.07) is 16.4. The summed E-state index contributed by atoms with van der Waals surface area (Å²) in [5.74, 6) is 0.112. The lowest BCUT2D eigenvalue weighted by molar-refractivity contribution is -0.131. The second kappa shape index (κ2) is 10.3. The molecular formula is C27H33N5O2. The summed E-state index contributed by atoms with van der Waals surface area (Å²) in [6.07, 6.45) is 4.85. The number of urea groups is 1. The minimum atomic E-state index is -0.0558. The first-order valence-corrected chi connectivity index (χ1v) is 12.3. The first kappa shape index (κ1) is 22.5. The number of piperazine rings is 1. The number of H-pyrrole nitrogens is 1. The predicted octanol–water partition coefficient (Wildman–Crippen LogP) is 3.36. The van der Waals surface area contributed by atoms with Crippen molar-refractivity contribution < 1.29 is 9.59 Å². The van der Waals surface area contributed by atoms with Crippen LogP contribution in [0.2, 0.25) is 0 Å². The monoisotopic (exact) mass is 459 g/mol. The number of fused-ring (bicyclic) bond motifs is 1. The number of hydrogen-bond donors (Lipinski definition) is 2. The molecule has 3 aromatic rings. The molecule has 2 fully saturated rings. The van der Waals surface area contributed by atoms with Crippen LogP contribution in [0.1, 0.15) is 29.5 Å². The number of hydrogen-bond acceptors (Lipinski definition) is 3. The Balaban J connectivity index is 1.10. The maximum atomic E-state index is 12.9. The highest BCUT2D eigenvalue weighted by atomic mass is 16.2. The van der Waals surface area contributed by atoms with Crippen molar-refractivity contribution >= 4 is 22.8 Å². The molecule has 5 rings (SSSR count). The number of para-hydroxylation sites is 1. The van der Waals surface area contributed by atoms with Gasteiger partial charge in [-0.15, -0.1) is 0 Å². The zero-order valence-electron chi connectivity index (χ0n) is 19.6. The summed E-state index contributed by atoms with van der Waals surface area (Å²) in [5, 5.41) is 4.19. The van der Waals surface area contributed by atoms with Crippen LogP contribution in [0.15, 0.2) is 54.7 Å². The molecule has 0 bridgehead atoms. The first-order chi connectivity index (χ1) is 16.7. The molecule has 34 heavy (non-hydrogen) atoms. The van der Waals surface area contributed by atoms with Crippen molar-refractivity contribution in [1.82, 2.24) is 25.0 Å². The van der Waals surface area contributed by atoms with Crippen LogP contribution in [0.5, 0.6) is 0 Å². The van der Waals surface area contributed by atoms with Crippen LogP contribution in [0, 0.1) is 0 Å². The topological polar surface area (TPSA) is 71.7 Å². The van der Waals surface area contributed by atoms with Crippen LogP contribution in [0.3, 0.4) is 0 Å². The molecule has 0 radical (unpaired) electrons. The summed E-state index contributed by atoms with van der Waals surface area (Å²) in [7, 11) is 0. The molecule has 0 aliphatic carbocycles. The molecule has 2 aromatic carbocycles. The molecule has 0 atom stereocenters. The van der Waals surface area contributed by atoms with Crippen LogP contribution < -0.4 is 5.32 Å². The third-order valence-electron chi connectivity index (χ3n) is 7.08. The van der Waals surface area contributed by atoms with Gasteiger partial charge in [-0.25, -0.2) is 4.79 Å². The van der Waals surface area contributed by atoms with Gasteiger partial charge in [0.15, 0.2) is 0 Å². The number of rotatable bonds is 6. The number of aromatic amines is 1. The molecule has 3 heterocycles. The van der Waals surface area contributed by atoms with Gasteiger partial charge in [0.2, 0.25) is 5.91 Å². The average Bonchev–Trinajstić information content (AvgIpc) is 3.54. The van der Waals surface area contributed by atoms with Crippen LogP contribution in [-0.4, -0.2) is 70.9 Å². The van der Waals surface area contributed by atoms with Crippen molar-refractivity contribution in [3.63, 3.8) is 0 Å². The van der Waals surface area contributed by atoms with E-state index >= 15 is 0 Å². The number of carbonyl (C=O) groups excluding carboxylic acids is 2. The highest BCUT2D eigenvalue weighted by Gasteiger charge is 2.25. The second-order valence-corrected chi connectivity index (χ2v) is 9.31. The van der Waals surface area contributed by atoms with Crippen LogP contribution in [0.25, 0.3) is 10.9 Å². The van der Waals surface area contributed by atoms with Gasteiger partial charge in [0, 0.05) is 56.4 Å². The molecule has 2 aliphatic heterocycles. The fourth-order valence-corrected chi connectivity index (χ4v) is 5.06. The van der Waals surface area contributed by atoms with Crippen LogP contribution >= 0.6 is 0 Å². The molecule has 0 saturated carbocycles. The summed E-state index contributed by atoms with van der Waals surface area (Å²) in [6.45, 7) is 6.04. The molecule has 3 amide bonds. The minimum absolute atomic E-state index is 0.0558. The highest BCUT2D eigenvalue weighted by Crippen LogP contribution is 2.19. The number of aromatic nitrogens is 1. The summed E-state index contributed by atoms with van der Waals surface area (Å²) >= 11 is 0. The standard InChI is InChI=1S/C27H33N5O2/c33-26(17-23-19-28-25-10-4-3-9-24(23)25)31-13-15-32(16-14-31)27(34)29-18-21-7-1-2-8-22(21)20-30-11-5-6-12-30/h1-4,7-10,19,28H,5-6,11-18,20H2,(H,29,34). The molecule has 0 unspecified atom stereocenters. The Labute approximate surface area is 200 Å². The van der Waals surface area contributed by atoms with E-state index in [9.17, 15) is 9.59 Å². The quantitative estimate of drug-likeness (QED) is 0.594. The Bertz CT molecular complexity index is 1140. The molecule has 2 saturated heterocycles. The van der Waals surface area contributed by atoms with Gasteiger partial charge in [0.1, 0.15) is 0 Å². The van der Waals surface area contributed by atoms with Crippen molar-refractivity contribution in [3.05, 3.63) is 71.4 Å². The lowest BCUT2D eigenvalue weighted by atomic mass is 10.1. The number of amides is 3. The Morgan fingerprint density at radius 2 is 1.47 bits per heavy atom. The van der Waals surface area contributed by atoms with Crippen molar-refractivity contribution in [2.75, 3.05) is 39.3 Å². The molecular weight excluding hydrogens is 426 g/mol. The predicted molar refractivity (Wildman–Crippen MR) is 133 cm³/mol. The lowest BCUT2D eigenvalue weighted by Crippen LogP contribution is -2.53. The zero-order valence-corrected chi connectivity index (χ0v) is 19.6. The second-order valence-electron chi connectivity index (χ2n) is 9.31. The van der Waals surface area contributed by atoms with Crippen molar-refractivity contribution in [3.8, 4) is 0 Å². The number of benzene rings is 2. The maximum absolute atomic E-state index is 12.9. The maximum Gasteiger partial charge on any atom is 0.317 e. The van der Waals surface area contributed by atoms with Crippen molar-refractivity contribution in [2.24, 2.45) is 0 Å². The molecule has 7 heteroatoms. The Hall–Kier alpha value is -3.32. The van der Waals surface area contributed by atoms with Gasteiger partial charge >= 0.3 is 6.03 Å². The molecule has 1 aromatic heterocycles. The Kier molecular flexibility index (Phi) is 6.81. The van der Waals surface area contributed by atoms with Gasteiger partial charge < -0.3 is 20.1 Å². The lowest BCUT2D eigenvalue weighted by Gasteiger charge is -2.34. The molecule has 7 nitrogen and oxygen atoms in total. The Morgan fingerprint density at radius 1 is 0.794 bits per heavy atom. The van der Waals surface area contributed by atoms with E-state index in [1.54, 1.807) is 0 Å². The zero-order chi connectivity index (χ0) is 23.3. The van der Waals surface area contributed by atoms with Crippen molar-refractivity contribution in [1.29, 1.82) is 0 Å². The van der Waals surface area contributed by atoms with Crippen LogP contribution in [-0.2, 0) is 24.3 Å². The van der Waals surface area contributed by atoms with E-state index in [-0.39, 0.29) is 11.9 Å². The minimum Gasteiger partial charge on any atom is -0.361 e. The van der Waals surface area contributed by atoms with E-state index in [2.05, 4.69) is 33.4 Å². The SMILES string of the molecule is O=C(Cc1c[nH]c2ccccc12)N1CCN(C(=O)NCc2ccccc2CN2CCCC2)CC1. The van der Waals surface area contributed by atoms with E-state index in [4.69, 9.17) is 0 Å². The van der Waals surface area contributed by atoms with Gasteiger partial charge in [-0.05, 0) is 48.7 Å². The van der Waals surface area contributed by atoms with Gasteiger partial charge in [0.05, 0.1) is 6.42 Å². The highest BCUT2D eigenvalue weighted by molar-refractivity contribution is 5.89. The Morgan fingerprint density at radius 3 is 2.26 bits per heavy atom. The third kappa shape index (κ3) is 5.09. The first-order valence-electron chi connectivity index (χ1n) is 12.3. The third-order valence-corrected chi connectivity index (χ3v) is 7.08. The van der Waals surface area contributed by atoms with E-state index in [1.165, 1.54) is 24.0 Å². The molecule has 0 spiro atoms. The van der Waals surface area contributed by atoms with E-state index < -0.39 is 0 Å². The van der Waals surface area contributed by atoms with E-state index in [1.807, 2.05) is 46.3 Å². The van der Waals surface area contributed by atoms with Gasteiger partial charge in [0.25, 0.3) is 0 Å². The van der Waals surface area contributed by atoms with Gasteiger partial charge in [-0.1, -0.05) is 42.5 Å². The number of nitrogens with zero attached hydrogens (tertiary/aromatic N) is 3. The van der Waals surface area contributed by atoms with Gasteiger partial charge in [-0.3, -0.25) is 9.69 Å². The molecule has 2 aliphatic rings.